The number of fused-ring (bicyclic) bond motifs is 1. The molecule has 5 heteroatoms. The predicted molar refractivity (Wildman–Crippen MR) is 59.5 cm³/mol. The Hall–Kier alpha value is -1.88. The Morgan fingerprint density at radius 3 is 3.00 bits per heavy atom. The van der Waals surface area contributed by atoms with Crippen LogP contribution in [-0.4, -0.2) is 9.97 Å². The van der Waals surface area contributed by atoms with E-state index in [9.17, 15) is 0 Å². The van der Waals surface area contributed by atoms with E-state index in [2.05, 4.69) is 9.97 Å². The number of nitrogens with zero attached hydrogens (tertiary/aromatic N) is 2. The minimum atomic E-state index is 0.518. The highest BCUT2D eigenvalue weighted by Gasteiger charge is 2.10. The van der Waals surface area contributed by atoms with E-state index in [-0.39, 0.29) is 0 Å². The monoisotopic (exact) mass is 217 g/mol. The number of hydrogen-bond donors (Lipinski definition) is 1. The fraction of sp³-hybridized carbons (Fsp3) is 0. The third kappa shape index (κ3) is 1.28. The van der Waals surface area contributed by atoms with Crippen LogP contribution in [0.5, 0.6) is 0 Å². The fourth-order valence-corrected chi connectivity index (χ4v) is 1.92. The summed E-state index contributed by atoms with van der Waals surface area (Å²) in [5, 5.41) is 1.89. The third-order valence-corrected chi connectivity index (χ3v) is 2.69. The fourth-order valence-electron chi connectivity index (χ4n) is 1.40. The zero-order valence-corrected chi connectivity index (χ0v) is 8.49. The van der Waals surface area contributed by atoms with Crippen LogP contribution >= 0.6 is 11.3 Å². The van der Waals surface area contributed by atoms with Gasteiger partial charge in [-0.05, 0) is 12.1 Å². The molecule has 0 atom stereocenters. The van der Waals surface area contributed by atoms with Crippen molar-refractivity contribution in [3.63, 3.8) is 0 Å². The predicted octanol–water partition coefficient (Wildman–Crippen LogP) is 2.53. The van der Waals surface area contributed by atoms with Crippen molar-refractivity contribution in [2.45, 2.75) is 0 Å². The summed E-state index contributed by atoms with van der Waals surface area (Å²) in [6, 6.07) is 5.48. The highest BCUT2D eigenvalue weighted by molar-refractivity contribution is 7.07. The zero-order valence-electron chi connectivity index (χ0n) is 7.68. The van der Waals surface area contributed by atoms with Gasteiger partial charge in [0.2, 0.25) is 5.89 Å². The van der Waals surface area contributed by atoms with Crippen LogP contribution in [-0.2, 0) is 0 Å². The lowest BCUT2D eigenvalue weighted by Gasteiger charge is -1.89. The first-order valence-electron chi connectivity index (χ1n) is 4.38. The van der Waals surface area contributed by atoms with Crippen molar-refractivity contribution in [1.29, 1.82) is 0 Å². The number of nitrogens with two attached hydrogens (primary N) is 1. The van der Waals surface area contributed by atoms with Crippen molar-refractivity contribution in [1.82, 2.24) is 9.97 Å². The molecule has 0 bridgehead atoms. The van der Waals surface area contributed by atoms with Crippen molar-refractivity contribution >= 4 is 28.1 Å². The Morgan fingerprint density at radius 2 is 2.27 bits per heavy atom. The van der Waals surface area contributed by atoms with Crippen LogP contribution in [0.15, 0.2) is 33.5 Å². The van der Waals surface area contributed by atoms with Crippen LogP contribution in [0.2, 0.25) is 0 Å². The number of benzene rings is 1. The second-order valence-electron chi connectivity index (χ2n) is 3.09. The molecule has 0 radical (unpaired) electrons. The second-order valence-corrected chi connectivity index (χ2v) is 3.81. The topological polar surface area (TPSA) is 64.9 Å². The smallest absolute Gasteiger partial charge is 0.247 e. The molecule has 4 nitrogen and oxygen atoms in total. The lowest BCUT2D eigenvalue weighted by atomic mass is 10.3. The van der Waals surface area contributed by atoms with E-state index in [0.29, 0.717) is 22.7 Å². The summed E-state index contributed by atoms with van der Waals surface area (Å²) >= 11 is 1.51. The van der Waals surface area contributed by atoms with Crippen molar-refractivity contribution in [3.8, 4) is 11.6 Å². The maximum Gasteiger partial charge on any atom is 0.247 e. The number of oxazole rings is 1. The molecule has 2 heterocycles. The molecule has 15 heavy (non-hydrogen) atoms. The summed E-state index contributed by atoms with van der Waals surface area (Å²) in [4.78, 5) is 8.44. The van der Waals surface area contributed by atoms with E-state index in [1.807, 2.05) is 17.5 Å². The van der Waals surface area contributed by atoms with Gasteiger partial charge in [0, 0.05) is 5.38 Å². The minimum absolute atomic E-state index is 0.518. The van der Waals surface area contributed by atoms with Crippen LogP contribution < -0.4 is 5.73 Å². The standard InChI is InChI=1S/C10H7N3OS/c11-6-2-1-3-8-9(6)13-10(14-8)7-4-15-5-12-7/h1-5H,11H2. The van der Waals surface area contributed by atoms with Crippen LogP contribution in [0.3, 0.4) is 0 Å². The summed E-state index contributed by atoms with van der Waals surface area (Å²) in [7, 11) is 0. The molecule has 0 aliphatic carbocycles. The Kier molecular flexibility index (Phi) is 1.72. The number of aromatic nitrogens is 2. The molecule has 1 aromatic carbocycles. The van der Waals surface area contributed by atoms with Gasteiger partial charge in [-0.3, -0.25) is 0 Å². The number of para-hydroxylation sites is 1. The van der Waals surface area contributed by atoms with Crippen molar-refractivity contribution < 1.29 is 4.42 Å². The molecule has 2 N–H and O–H groups in total. The zero-order chi connectivity index (χ0) is 10.3. The van der Waals surface area contributed by atoms with E-state index in [1.54, 1.807) is 11.6 Å². The normalized spacial score (nSPS) is 10.9. The summed E-state index contributed by atoms with van der Waals surface area (Å²) in [5.74, 6) is 0.518. The Bertz CT molecular complexity index is 600. The Morgan fingerprint density at radius 1 is 1.33 bits per heavy atom. The SMILES string of the molecule is Nc1cccc2oc(-c3cscn3)nc12. The summed E-state index contributed by atoms with van der Waals surface area (Å²) in [5.41, 5.74) is 10.3. The largest absolute Gasteiger partial charge is 0.435 e. The number of nitrogen functional groups attached to an aromatic ring is 1. The molecular weight excluding hydrogens is 210 g/mol. The maximum atomic E-state index is 5.78. The molecule has 0 saturated heterocycles. The van der Waals surface area contributed by atoms with Crippen molar-refractivity contribution in [2.24, 2.45) is 0 Å². The van der Waals surface area contributed by atoms with Gasteiger partial charge in [0.05, 0.1) is 11.2 Å². The third-order valence-electron chi connectivity index (χ3n) is 2.10. The molecule has 0 aliphatic rings. The minimum Gasteiger partial charge on any atom is -0.435 e. The molecule has 3 rings (SSSR count). The number of thiazole rings is 1. The first-order valence-corrected chi connectivity index (χ1v) is 5.32. The van der Waals surface area contributed by atoms with E-state index in [1.165, 1.54) is 11.3 Å². The Labute approximate surface area is 89.4 Å². The first-order chi connectivity index (χ1) is 7.34. The molecule has 0 amide bonds. The number of anilines is 1. The molecule has 0 saturated carbocycles. The van der Waals surface area contributed by atoms with Gasteiger partial charge in [0.1, 0.15) is 11.2 Å². The molecular formula is C10H7N3OS. The van der Waals surface area contributed by atoms with E-state index in [4.69, 9.17) is 10.2 Å². The molecule has 0 fully saturated rings. The van der Waals surface area contributed by atoms with Crippen LogP contribution in [0.1, 0.15) is 0 Å². The van der Waals surface area contributed by atoms with Gasteiger partial charge in [-0.25, -0.2) is 9.97 Å². The first kappa shape index (κ1) is 8.43. The summed E-state index contributed by atoms with van der Waals surface area (Å²) in [6.45, 7) is 0. The van der Waals surface area contributed by atoms with E-state index >= 15 is 0 Å². The molecule has 74 valence electrons. The number of hydrogen-bond acceptors (Lipinski definition) is 5. The summed E-state index contributed by atoms with van der Waals surface area (Å²) < 4.78 is 5.55. The van der Waals surface area contributed by atoms with Crippen LogP contribution in [0.25, 0.3) is 22.7 Å². The van der Waals surface area contributed by atoms with E-state index < -0.39 is 0 Å². The van der Waals surface area contributed by atoms with E-state index in [0.717, 1.165) is 5.69 Å². The molecule has 0 spiro atoms. The molecule has 3 aromatic rings. The summed E-state index contributed by atoms with van der Waals surface area (Å²) in [6.07, 6.45) is 0. The van der Waals surface area contributed by atoms with Crippen LogP contribution in [0, 0.1) is 0 Å². The molecule has 0 aliphatic heterocycles. The second kappa shape index (κ2) is 3.06. The molecule has 0 unspecified atom stereocenters. The quantitative estimate of drug-likeness (QED) is 0.636. The lowest BCUT2D eigenvalue weighted by molar-refractivity contribution is 0.617. The lowest BCUT2D eigenvalue weighted by Crippen LogP contribution is -1.85. The average Bonchev–Trinajstić information content (AvgIpc) is 2.86. The molecule has 2 aromatic heterocycles. The van der Waals surface area contributed by atoms with Gasteiger partial charge in [0.25, 0.3) is 0 Å². The highest BCUT2D eigenvalue weighted by atomic mass is 32.1. The highest BCUT2D eigenvalue weighted by Crippen LogP contribution is 2.26. The van der Waals surface area contributed by atoms with Gasteiger partial charge >= 0.3 is 0 Å². The van der Waals surface area contributed by atoms with Crippen molar-refractivity contribution in [2.75, 3.05) is 5.73 Å². The van der Waals surface area contributed by atoms with Gasteiger partial charge < -0.3 is 10.2 Å². The van der Waals surface area contributed by atoms with Gasteiger partial charge in [-0.15, -0.1) is 11.3 Å². The average molecular weight is 217 g/mol. The van der Waals surface area contributed by atoms with Gasteiger partial charge in [-0.2, -0.15) is 0 Å². The van der Waals surface area contributed by atoms with Crippen molar-refractivity contribution in [3.05, 3.63) is 29.1 Å². The van der Waals surface area contributed by atoms with Gasteiger partial charge in [0.15, 0.2) is 5.58 Å². The van der Waals surface area contributed by atoms with Gasteiger partial charge in [-0.1, -0.05) is 6.07 Å². The Balaban J connectivity index is 2.27. The number of rotatable bonds is 1. The maximum absolute atomic E-state index is 5.78. The van der Waals surface area contributed by atoms with Crippen LogP contribution in [0.4, 0.5) is 5.69 Å².